The van der Waals surface area contributed by atoms with Crippen molar-refractivity contribution in [2.24, 2.45) is 34.4 Å². The topological polar surface area (TPSA) is 313 Å². The molecule has 0 bridgehead atoms. The average Bonchev–Trinajstić information content (AvgIpc) is 3.27. The van der Waals surface area contributed by atoms with Gasteiger partial charge in [0.2, 0.25) is 0 Å². The molecule has 3 aliphatic heterocycles. The minimum atomic E-state index is -2.84. The second kappa shape index (κ2) is 14.7. The van der Waals surface area contributed by atoms with Crippen LogP contribution in [0.25, 0.3) is 0 Å². The molecule has 4 fully saturated rings. The van der Waals surface area contributed by atoms with Crippen molar-refractivity contribution < 1.29 is 62.7 Å². The largest absolute Gasteiger partial charge is 0.394 e. The fraction of sp³-hybridized carbons (Fsp3) is 1.00. The van der Waals surface area contributed by atoms with Crippen molar-refractivity contribution >= 4 is 0 Å². The minimum absolute atomic E-state index is 0.0834. The van der Waals surface area contributed by atoms with Crippen LogP contribution in [-0.4, -0.2) is 155 Å². The zero-order chi connectivity index (χ0) is 31.7. The van der Waals surface area contributed by atoms with E-state index in [4.69, 9.17) is 62.8 Å². The van der Waals surface area contributed by atoms with Crippen molar-refractivity contribution in [3.05, 3.63) is 0 Å². The molecule has 43 heavy (non-hydrogen) atoms. The fourth-order valence-corrected chi connectivity index (χ4v) is 5.89. The molecular formula is C24H46F2N6O11. The fourth-order valence-electron chi connectivity index (χ4n) is 5.89. The summed E-state index contributed by atoms with van der Waals surface area (Å²) in [6.07, 6.45) is -19.4. The van der Waals surface area contributed by atoms with E-state index in [1.54, 1.807) is 0 Å². The summed E-state index contributed by atoms with van der Waals surface area (Å²) in [5.74, 6) is 0. The van der Waals surface area contributed by atoms with Crippen molar-refractivity contribution in [1.82, 2.24) is 0 Å². The van der Waals surface area contributed by atoms with Gasteiger partial charge in [0.25, 0.3) is 6.43 Å². The molecule has 17 nitrogen and oxygen atoms in total. The number of aliphatic hydroxyl groups excluding tert-OH is 5. The van der Waals surface area contributed by atoms with Crippen LogP contribution in [0, 0.1) is 0 Å². The van der Waals surface area contributed by atoms with Crippen molar-refractivity contribution in [3.63, 3.8) is 0 Å². The summed E-state index contributed by atoms with van der Waals surface area (Å²) in [5.41, 5.74) is 35.7. The van der Waals surface area contributed by atoms with Crippen LogP contribution < -0.4 is 34.4 Å². The minimum Gasteiger partial charge on any atom is -0.394 e. The van der Waals surface area contributed by atoms with E-state index in [2.05, 4.69) is 0 Å². The average molecular weight is 633 g/mol. The first-order chi connectivity index (χ1) is 20.3. The highest BCUT2D eigenvalue weighted by molar-refractivity contribution is 5.01. The van der Waals surface area contributed by atoms with Gasteiger partial charge in [-0.1, -0.05) is 0 Å². The maximum Gasteiger partial charge on any atom is 0.256 e. The van der Waals surface area contributed by atoms with Gasteiger partial charge >= 0.3 is 0 Å². The van der Waals surface area contributed by atoms with Gasteiger partial charge in [-0.25, -0.2) is 8.78 Å². The highest BCUT2D eigenvalue weighted by Gasteiger charge is 2.53. The van der Waals surface area contributed by atoms with Crippen LogP contribution in [0.4, 0.5) is 8.78 Å². The summed E-state index contributed by atoms with van der Waals surface area (Å²) in [6, 6.07) is -5.30. The number of ether oxygens (including phenoxy) is 6. The predicted molar refractivity (Wildman–Crippen MR) is 141 cm³/mol. The number of rotatable bonds is 10. The van der Waals surface area contributed by atoms with E-state index < -0.39 is 123 Å². The summed E-state index contributed by atoms with van der Waals surface area (Å²) in [4.78, 5) is 0. The number of aliphatic hydroxyl groups is 5. The smallest absolute Gasteiger partial charge is 0.256 e. The molecule has 0 aromatic rings. The van der Waals surface area contributed by atoms with Crippen LogP contribution in [0.2, 0.25) is 0 Å². The number of halogens is 2. The van der Waals surface area contributed by atoms with Crippen LogP contribution in [-0.2, 0) is 28.4 Å². The number of nitrogens with two attached hydrogens (primary N) is 6. The first-order valence-corrected chi connectivity index (χ1v) is 14.3. The number of alkyl halides is 2. The lowest BCUT2D eigenvalue weighted by molar-refractivity contribution is -0.291. The monoisotopic (exact) mass is 632 g/mol. The molecule has 0 aromatic carbocycles. The van der Waals surface area contributed by atoms with Crippen molar-refractivity contribution in [2.45, 2.75) is 136 Å². The Hall–Kier alpha value is -0.820. The van der Waals surface area contributed by atoms with Gasteiger partial charge in [-0.15, -0.1) is 0 Å². The van der Waals surface area contributed by atoms with E-state index in [9.17, 15) is 34.3 Å². The molecule has 0 aromatic heterocycles. The summed E-state index contributed by atoms with van der Waals surface area (Å²) < 4.78 is 61.2. The van der Waals surface area contributed by atoms with Crippen molar-refractivity contribution in [3.8, 4) is 0 Å². The lowest BCUT2D eigenvalue weighted by Crippen LogP contribution is -2.66. The first kappa shape index (κ1) is 35.0. The van der Waals surface area contributed by atoms with Crippen LogP contribution in [0.3, 0.4) is 0 Å². The summed E-state index contributed by atoms with van der Waals surface area (Å²) in [5, 5.41) is 52.5. The second-order valence-electron chi connectivity index (χ2n) is 11.6. The molecular weight excluding hydrogens is 586 g/mol. The molecule has 1 aliphatic carbocycles. The molecule has 18 atom stereocenters. The maximum atomic E-state index is 13.2. The van der Waals surface area contributed by atoms with E-state index in [0.717, 1.165) is 0 Å². The van der Waals surface area contributed by atoms with Crippen LogP contribution in [0.1, 0.15) is 19.3 Å². The number of hydrogen-bond donors (Lipinski definition) is 11. The third-order valence-electron chi connectivity index (χ3n) is 8.55. The van der Waals surface area contributed by atoms with Gasteiger partial charge in [0.05, 0.1) is 36.9 Å². The molecule has 3 heterocycles. The normalized spacial score (nSPS) is 50.2. The molecule has 0 spiro atoms. The van der Waals surface area contributed by atoms with Crippen LogP contribution in [0.5, 0.6) is 0 Å². The zero-order valence-corrected chi connectivity index (χ0v) is 23.4. The van der Waals surface area contributed by atoms with Gasteiger partial charge in [-0.3, -0.25) is 0 Å². The van der Waals surface area contributed by atoms with Gasteiger partial charge in [0.1, 0.15) is 48.8 Å². The Balaban J connectivity index is 1.48. The molecule has 4 aliphatic rings. The first-order valence-electron chi connectivity index (χ1n) is 14.3. The van der Waals surface area contributed by atoms with E-state index in [1.807, 2.05) is 0 Å². The van der Waals surface area contributed by atoms with Gasteiger partial charge in [0, 0.05) is 18.6 Å². The Morgan fingerprint density at radius 3 is 1.95 bits per heavy atom. The quantitative estimate of drug-likeness (QED) is 0.107. The van der Waals surface area contributed by atoms with Crippen LogP contribution >= 0.6 is 0 Å². The zero-order valence-electron chi connectivity index (χ0n) is 23.4. The standard InChI is InChI=1S/C24H46F2N6O11/c25-21(26)12(31)9-2-1-6(28)22(38-9)41-18-8(30)3-7(29)14(34)20(18)43-24-17(37)19(11(5-33)40-24)42-23-13(32)16(36)15(35)10(4-27)39-23/h6-24,33-37H,1-5,27-32H2/t6-,7-,8+,9+,10+,11-,12-,13-,14+,15-,16-,17-,18-,19-,20-,22-,23-,24+/m1/s1. The Bertz CT molecular complexity index is 892. The highest BCUT2D eigenvalue weighted by Crippen LogP contribution is 2.34. The SMILES string of the molecule is NC[C@@H]1O[C@H](O[C@H]2[C@@H](O)[C@H](O[C@@H]3[C@@H](O)[C@H](N)C[C@H](N)[C@H]3O[C@H]3O[C@H]([C@@H](N)C(F)F)CC[C@H]3N)O[C@@H]2CO)[C@H](N)[C@@H](O)[C@@H]1O. The molecule has 252 valence electrons. The third-order valence-corrected chi connectivity index (χ3v) is 8.55. The second-order valence-corrected chi connectivity index (χ2v) is 11.6. The molecule has 17 N–H and O–H groups in total. The van der Waals surface area contributed by atoms with Crippen molar-refractivity contribution in [1.29, 1.82) is 0 Å². The Morgan fingerprint density at radius 1 is 0.698 bits per heavy atom. The summed E-state index contributed by atoms with van der Waals surface area (Å²) >= 11 is 0. The number of hydrogen-bond acceptors (Lipinski definition) is 17. The molecule has 0 unspecified atom stereocenters. The lowest BCUT2D eigenvalue weighted by atomic mass is 9.84. The maximum absolute atomic E-state index is 13.2. The van der Waals surface area contributed by atoms with Crippen LogP contribution in [0.15, 0.2) is 0 Å². The van der Waals surface area contributed by atoms with Gasteiger partial charge in [-0.2, -0.15) is 0 Å². The highest BCUT2D eigenvalue weighted by atomic mass is 19.3. The lowest BCUT2D eigenvalue weighted by Gasteiger charge is -2.46. The molecule has 4 rings (SSSR count). The Labute approximate surface area is 246 Å². The molecule has 0 radical (unpaired) electrons. The summed E-state index contributed by atoms with van der Waals surface area (Å²) in [6.45, 7) is -0.827. The van der Waals surface area contributed by atoms with Gasteiger partial charge in [-0.05, 0) is 19.3 Å². The Morgan fingerprint density at radius 2 is 1.33 bits per heavy atom. The van der Waals surface area contributed by atoms with E-state index >= 15 is 0 Å². The van der Waals surface area contributed by atoms with Crippen molar-refractivity contribution in [2.75, 3.05) is 13.2 Å². The molecule has 19 heteroatoms. The molecule has 3 saturated heterocycles. The summed E-state index contributed by atoms with van der Waals surface area (Å²) in [7, 11) is 0. The molecule has 1 saturated carbocycles. The van der Waals surface area contributed by atoms with E-state index in [1.165, 1.54) is 0 Å². The predicted octanol–water partition coefficient (Wildman–Crippen LogP) is -6.20. The van der Waals surface area contributed by atoms with Gasteiger partial charge in [0.15, 0.2) is 18.9 Å². The molecule has 0 amide bonds. The third kappa shape index (κ3) is 7.44. The van der Waals surface area contributed by atoms with E-state index in [-0.39, 0.29) is 25.8 Å². The Kier molecular flexibility index (Phi) is 12.0. The van der Waals surface area contributed by atoms with E-state index in [0.29, 0.717) is 0 Å². The van der Waals surface area contributed by atoms with Gasteiger partial charge < -0.3 is 88.4 Å².